The van der Waals surface area contributed by atoms with Gasteiger partial charge in [-0.05, 0) is 25.5 Å². The van der Waals surface area contributed by atoms with E-state index in [1.165, 1.54) is 12.2 Å². The van der Waals surface area contributed by atoms with Crippen molar-refractivity contribution in [2.75, 3.05) is 18.8 Å². The third-order valence-corrected chi connectivity index (χ3v) is 3.52. The van der Waals surface area contributed by atoms with Gasteiger partial charge in [-0.3, -0.25) is 4.84 Å². The molecular formula is C14H21ClNO6P. The van der Waals surface area contributed by atoms with Gasteiger partial charge in [0.05, 0.1) is 13.7 Å². The van der Waals surface area contributed by atoms with Gasteiger partial charge in [-0.2, -0.15) is 0 Å². The van der Waals surface area contributed by atoms with Crippen LogP contribution in [0.1, 0.15) is 26.7 Å². The molecule has 0 spiro atoms. The third-order valence-electron chi connectivity index (χ3n) is 2.91. The molecule has 0 amide bonds. The highest BCUT2D eigenvalue weighted by molar-refractivity contribution is 7.80. The number of para-hydroxylation sites is 2. The van der Waals surface area contributed by atoms with Gasteiger partial charge in [0, 0.05) is 11.2 Å². The summed E-state index contributed by atoms with van der Waals surface area (Å²) in [6.07, 6.45) is 0.963. The first-order valence-corrected chi connectivity index (χ1v) is 9.63. The highest BCUT2D eigenvalue weighted by Gasteiger charge is 2.33. The van der Waals surface area contributed by atoms with E-state index in [-0.39, 0.29) is 6.61 Å². The number of methoxy groups -OCH3 is 1. The quantitative estimate of drug-likeness (QED) is 0.529. The van der Waals surface area contributed by atoms with E-state index >= 15 is 0 Å². The molecule has 1 N–H and O–H groups in total. The van der Waals surface area contributed by atoms with Gasteiger partial charge in [0.2, 0.25) is 0 Å². The van der Waals surface area contributed by atoms with E-state index in [0.29, 0.717) is 24.3 Å². The normalized spacial score (nSPS) is 14.7. The lowest BCUT2D eigenvalue weighted by molar-refractivity contribution is -0.138. The Morgan fingerprint density at radius 3 is 2.57 bits per heavy atom. The molecule has 0 saturated carbocycles. The number of hydrogen-bond donors (Lipinski definition) is 1. The Morgan fingerprint density at radius 2 is 2.04 bits per heavy atom. The van der Waals surface area contributed by atoms with Crippen LogP contribution < -0.4 is 9.80 Å². The van der Waals surface area contributed by atoms with E-state index in [1.54, 1.807) is 31.2 Å². The lowest BCUT2D eigenvalue weighted by atomic mass is 10.1. The maximum atomic E-state index is 12.2. The van der Waals surface area contributed by atoms with Crippen LogP contribution in [0.2, 0.25) is 0 Å². The first-order chi connectivity index (χ1) is 10.8. The Hall–Kier alpha value is -1.27. The molecule has 1 rings (SSSR count). The largest absolute Gasteiger partial charge is 0.494 e. The third kappa shape index (κ3) is 6.03. The topological polar surface area (TPSA) is 85.3 Å². The molecule has 9 heteroatoms. The summed E-state index contributed by atoms with van der Waals surface area (Å²) in [5.41, 5.74) is 0.509. The molecule has 1 aromatic rings. The van der Waals surface area contributed by atoms with Gasteiger partial charge in [0.25, 0.3) is 0 Å². The summed E-state index contributed by atoms with van der Waals surface area (Å²) < 4.78 is 20.9. The maximum absolute atomic E-state index is 12.2. The summed E-state index contributed by atoms with van der Waals surface area (Å²) in [6, 6.07) is 6.03. The second kappa shape index (κ2) is 9.13. The van der Waals surface area contributed by atoms with Crippen LogP contribution in [-0.4, -0.2) is 30.6 Å². The molecule has 7 nitrogen and oxygen atoms in total. The summed E-state index contributed by atoms with van der Waals surface area (Å²) in [5, 5.41) is 1.33. The Morgan fingerprint density at radius 1 is 1.39 bits per heavy atom. The molecule has 0 aliphatic heterocycles. The van der Waals surface area contributed by atoms with E-state index in [0.717, 1.165) is 0 Å². The lowest BCUT2D eigenvalue weighted by Gasteiger charge is -2.31. The van der Waals surface area contributed by atoms with E-state index in [2.05, 4.69) is 4.52 Å². The molecule has 0 fully saturated rings. The number of hydroxylamine groups is 1. The second-order valence-electron chi connectivity index (χ2n) is 4.58. The number of ether oxygens (including phenoxy) is 1. The van der Waals surface area contributed by atoms with E-state index in [9.17, 15) is 9.36 Å². The molecule has 1 unspecified atom stereocenters. The van der Waals surface area contributed by atoms with Gasteiger partial charge in [-0.25, -0.2) is 14.4 Å². The minimum absolute atomic E-state index is 0.281. The maximum Gasteiger partial charge on any atom is 0.476 e. The second-order valence-corrected chi connectivity index (χ2v) is 6.95. The van der Waals surface area contributed by atoms with Crippen LogP contribution in [0, 0.1) is 0 Å². The fourth-order valence-corrected chi connectivity index (χ4v) is 2.60. The zero-order chi connectivity index (χ0) is 17.5. The summed E-state index contributed by atoms with van der Waals surface area (Å²) in [5.74, 6) is -0.444. The van der Waals surface area contributed by atoms with Crippen LogP contribution in [0.25, 0.3) is 0 Å². The van der Waals surface area contributed by atoms with Crippen molar-refractivity contribution in [3.63, 3.8) is 0 Å². The Bertz CT molecular complexity index is 564. The number of benzene rings is 1. The highest BCUT2D eigenvalue weighted by Crippen LogP contribution is 2.48. The monoisotopic (exact) mass is 365 g/mol. The fourth-order valence-electron chi connectivity index (χ4n) is 2.05. The Labute approximate surface area is 140 Å². The number of hydrogen-bond acceptors (Lipinski definition) is 6. The van der Waals surface area contributed by atoms with Crippen LogP contribution in [0.15, 0.2) is 24.3 Å². The Kier molecular flexibility index (Phi) is 7.85. The Balaban J connectivity index is 3.20. The van der Waals surface area contributed by atoms with E-state index in [4.69, 9.17) is 25.7 Å². The molecule has 0 radical (unpaired) electrons. The summed E-state index contributed by atoms with van der Waals surface area (Å²) in [4.78, 5) is 26.9. The summed E-state index contributed by atoms with van der Waals surface area (Å²) >= 11 is 5.14. The average Bonchev–Trinajstić information content (AvgIpc) is 2.49. The van der Waals surface area contributed by atoms with E-state index in [1.807, 2.05) is 6.92 Å². The van der Waals surface area contributed by atoms with Crippen molar-refractivity contribution in [2.24, 2.45) is 0 Å². The van der Waals surface area contributed by atoms with Gasteiger partial charge >= 0.3 is 12.9 Å². The number of carbonyl (C=O) groups is 1. The first kappa shape index (κ1) is 19.8. The molecule has 0 heterocycles. The van der Waals surface area contributed by atoms with Crippen molar-refractivity contribution in [3.8, 4) is 5.75 Å². The van der Waals surface area contributed by atoms with Crippen LogP contribution >= 0.6 is 18.2 Å². The summed E-state index contributed by atoms with van der Waals surface area (Å²) in [7, 11) is 1.50. The molecule has 130 valence electrons. The minimum atomic E-state index is -4.46. The molecule has 0 aliphatic rings. The fraction of sp³-hybridized carbons (Fsp3) is 0.500. The minimum Gasteiger partial charge on any atom is -0.494 e. The predicted molar refractivity (Wildman–Crippen MR) is 87.6 cm³/mol. The first-order valence-electron chi connectivity index (χ1n) is 7.15. The zero-order valence-corrected chi connectivity index (χ0v) is 14.9. The molecule has 0 aromatic heterocycles. The van der Waals surface area contributed by atoms with Crippen molar-refractivity contribution >= 4 is 29.8 Å². The summed E-state index contributed by atoms with van der Waals surface area (Å²) in [6.45, 7) is -0.552. The van der Waals surface area contributed by atoms with Crippen molar-refractivity contribution in [3.05, 3.63) is 24.3 Å². The molecule has 1 aromatic carbocycles. The lowest BCUT2D eigenvalue weighted by Crippen LogP contribution is -2.42. The van der Waals surface area contributed by atoms with Crippen molar-refractivity contribution < 1.29 is 28.4 Å². The van der Waals surface area contributed by atoms with Crippen LogP contribution in [0.3, 0.4) is 0 Å². The van der Waals surface area contributed by atoms with Crippen LogP contribution in [-0.2, 0) is 18.7 Å². The SMILES string of the molecule is CCC[C@@H](C(=O)OP(=O)(O)Cl)N(OCC)c1ccccc1OC. The number of halogens is 1. The molecule has 23 heavy (non-hydrogen) atoms. The van der Waals surface area contributed by atoms with Crippen LogP contribution in [0.5, 0.6) is 5.75 Å². The van der Waals surface area contributed by atoms with Gasteiger partial charge < -0.3 is 14.2 Å². The molecule has 0 aliphatic carbocycles. The number of nitrogens with zero attached hydrogens (tertiary/aromatic N) is 1. The standard InChI is InChI=1S/C14H21ClNO6P/c1-4-8-12(14(17)22-23(15,18)19)16(21-5-2)11-9-6-7-10-13(11)20-3/h6-7,9-10,12H,4-5,8H2,1-3H3,(H,18,19)/t12-/m0/s1. The molecule has 0 saturated heterocycles. The van der Waals surface area contributed by atoms with Gasteiger partial charge in [-0.15, -0.1) is 0 Å². The van der Waals surface area contributed by atoms with Crippen LogP contribution in [0.4, 0.5) is 5.69 Å². The van der Waals surface area contributed by atoms with Crippen molar-refractivity contribution in [2.45, 2.75) is 32.7 Å². The molecule has 2 atom stereocenters. The van der Waals surface area contributed by atoms with Crippen molar-refractivity contribution in [1.82, 2.24) is 0 Å². The predicted octanol–water partition coefficient (Wildman–Crippen LogP) is 3.50. The smallest absolute Gasteiger partial charge is 0.476 e. The average molecular weight is 366 g/mol. The van der Waals surface area contributed by atoms with Crippen molar-refractivity contribution in [1.29, 1.82) is 0 Å². The number of anilines is 1. The van der Waals surface area contributed by atoms with Gasteiger partial charge in [0.1, 0.15) is 11.4 Å². The number of rotatable bonds is 9. The molecule has 0 bridgehead atoms. The van der Waals surface area contributed by atoms with Gasteiger partial charge in [0.15, 0.2) is 6.04 Å². The van der Waals surface area contributed by atoms with E-state index < -0.39 is 19.0 Å². The zero-order valence-electron chi connectivity index (χ0n) is 13.3. The van der Waals surface area contributed by atoms with Gasteiger partial charge in [-0.1, -0.05) is 25.5 Å². The molecular weight excluding hydrogens is 345 g/mol. The number of carbonyl (C=O) groups excluding carboxylic acids is 1. The highest BCUT2D eigenvalue weighted by atomic mass is 35.7.